The van der Waals surface area contributed by atoms with E-state index < -0.39 is 10.0 Å². The van der Waals surface area contributed by atoms with Gasteiger partial charge < -0.3 is 14.6 Å². The summed E-state index contributed by atoms with van der Waals surface area (Å²) in [5.41, 5.74) is 0.561. The number of rotatable bonds is 5. The molecule has 9 heteroatoms. The highest BCUT2D eigenvalue weighted by atomic mass is 32.2. The Bertz CT molecular complexity index is 818. The Morgan fingerprint density at radius 1 is 1.36 bits per heavy atom. The number of sulfonamides is 1. The van der Waals surface area contributed by atoms with Crippen molar-refractivity contribution in [2.24, 2.45) is 0 Å². The smallest absolute Gasteiger partial charge is 0.243 e. The van der Waals surface area contributed by atoms with Gasteiger partial charge in [-0.25, -0.2) is 13.4 Å². The van der Waals surface area contributed by atoms with Gasteiger partial charge in [-0.15, -0.1) is 0 Å². The largest absolute Gasteiger partial charge is 0.374 e. The van der Waals surface area contributed by atoms with Crippen molar-refractivity contribution >= 4 is 21.6 Å². The van der Waals surface area contributed by atoms with E-state index in [4.69, 9.17) is 4.74 Å². The lowest BCUT2D eigenvalue weighted by atomic mass is 10.3. The highest BCUT2D eigenvalue weighted by molar-refractivity contribution is 7.89. The van der Waals surface area contributed by atoms with E-state index in [0.717, 1.165) is 0 Å². The van der Waals surface area contributed by atoms with E-state index in [2.05, 4.69) is 10.3 Å². The predicted molar refractivity (Wildman–Crippen MR) is 91.5 cm³/mol. The maximum atomic E-state index is 12.8. The molecule has 0 spiro atoms. The molecule has 1 fully saturated rings. The van der Waals surface area contributed by atoms with Gasteiger partial charge in [-0.2, -0.15) is 4.31 Å². The molecule has 134 valence electrons. The minimum Gasteiger partial charge on any atom is -0.374 e. The average Bonchev–Trinajstić information content (AvgIpc) is 3.08. The van der Waals surface area contributed by atoms with Crippen molar-refractivity contribution in [2.45, 2.75) is 24.5 Å². The van der Waals surface area contributed by atoms with Crippen LogP contribution in [0.1, 0.15) is 6.92 Å². The number of aromatic nitrogens is 2. The van der Waals surface area contributed by atoms with Crippen molar-refractivity contribution in [3.8, 4) is 0 Å². The molecule has 1 aromatic carbocycles. The number of imidazole rings is 1. The Morgan fingerprint density at radius 2 is 2.12 bits per heavy atom. The molecule has 1 saturated heterocycles. The fourth-order valence-electron chi connectivity index (χ4n) is 2.71. The van der Waals surface area contributed by atoms with Gasteiger partial charge in [0.05, 0.1) is 30.5 Å². The molecule has 0 bridgehead atoms. The first-order chi connectivity index (χ1) is 11.9. The molecule has 25 heavy (non-hydrogen) atoms. The van der Waals surface area contributed by atoms with E-state index in [1.165, 1.54) is 23.4 Å². The fourth-order valence-corrected chi connectivity index (χ4v) is 4.17. The van der Waals surface area contributed by atoms with Crippen molar-refractivity contribution in [1.82, 2.24) is 13.9 Å². The highest BCUT2D eigenvalue weighted by Crippen LogP contribution is 2.21. The number of anilines is 1. The van der Waals surface area contributed by atoms with Crippen LogP contribution in [0, 0.1) is 0 Å². The topological polar surface area (TPSA) is 93.5 Å². The number of carbonyl (C=O) groups is 1. The third-order valence-corrected chi connectivity index (χ3v) is 5.77. The van der Waals surface area contributed by atoms with Crippen LogP contribution in [0.15, 0.2) is 47.9 Å². The predicted octanol–water partition coefficient (Wildman–Crippen LogP) is 0.931. The number of hydrogen-bond donors (Lipinski definition) is 1. The van der Waals surface area contributed by atoms with E-state index in [0.29, 0.717) is 25.4 Å². The second kappa shape index (κ2) is 7.34. The second-order valence-electron chi connectivity index (χ2n) is 5.82. The zero-order chi connectivity index (χ0) is 17.9. The molecule has 0 aliphatic carbocycles. The summed E-state index contributed by atoms with van der Waals surface area (Å²) in [5.74, 6) is -0.203. The molecule has 0 saturated carbocycles. The minimum absolute atomic E-state index is 0.199. The third-order valence-electron chi connectivity index (χ3n) is 3.89. The number of benzene rings is 1. The molecule has 1 aromatic heterocycles. The van der Waals surface area contributed by atoms with Crippen LogP contribution in [0.5, 0.6) is 0 Å². The standard InChI is InChI=1S/C16H20N4O4S/c1-13(21)18-14-2-4-16(5-3-14)25(22,23)20-8-9-24-15(11-20)10-19-7-6-17-12-19/h2-7,12,15H,8-11H2,1H3,(H,18,21). The Kier molecular flexibility index (Phi) is 5.16. The number of nitrogens with one attached hydrogen (secondary N) is 1. The molecule has 1 N–H and O–H groups in total. The van der Waals surface area contributed by atoms with Crippen molar-refractivity contribution in [3.05, 3.63) is 43.0 Å². The number of morpholine rings is 1. The van der Waals surface area contributed by atoms with Gasteiger partial charge in [-0.05, 0) is 24.3 Å². The first kappa shape index (κ1) is 17.6. The van der Waals surface area contributed by atoms with Gasteiger partial charge in [-0.3, -0.25) is 4.79 Å². The van der Waals surface area contributed by atoms with E-state index in [1.807, 2.05) is 10.8 Å². The third kappa shape index (κ3) is 4.25. The van der Waals surface area contributed by atoms with Gasteiger partial charge in [0, 0.05) is 38.1 Å². The van der Waals surface area contributed by atoms with Gasteiger partial charge in [0.2, 0.25) is 15.9 Å². The van der Waals surface area contributed by atoms with E-state index in [9.17, 15) is 13.2 Å². The lowest BCUT2D eigenvalue weighted by molar-refractivity contribution is -0.114. The van der Waals surface area contributed by atoms with Gasteiger partial charge >= 0.3 is 0 Å². The van der Waals surface area contributed by atoms with E-state index >= 15 is 0 Å². The summed E-state index contributed by atoms with van der Waals surface area (Å²) >= 11 is 0. The maximum absolute atomic E-state index is 12.8. The molecule has 2 aromatic rings. The normalized spacial score (nSPS) is 18.8. The lowest BCUT2D eigenvalue weighted by Crippen LogP contribution is -2.46. The molecule has 3 rings (SSSR count). The van der Waals surface area contributed by atoms with Gasteiger partial charge in [-0.1, -0.05) is 0 Å². The van der Waals surface area contributed by atoms with Crippen LogP contribution in [0.3, 0.4) is 0 Å². The summed E-state index contributed by atoms with van der Waals surface area (Å²) in [6.07, 6.45) is 4.94. The molecular weight excluding hydrogens is 344 g/mol. The SMILES string of the molecule is CC(=O)Nc1ccc(S(=O)(=O)N2CCOC(Cn3ccnc3)C2)cc1. The highest BCUT2D eigenvalue weighted by Gasteiger charge is 2.30. The van der Waals surface area contributed by atoms with Crippen LogP contribution in [-0.2, 0) is 26.1 Å². The Labute approximate surface area is 146 Å². The number of hydrogen-bond acceptors (Lipinski definition) is 5. The Hall–Kier alpha value is -2.23. The van der Waals surface area contributed by atoms with Gasteiger partial charge in [0.1, 0.15) is 0 Å². The number of ether oxygens (including phenoxy) is 1. The van der Waals surface area contributed by atoms with Crippen LogP contribution in [-0.4, -0.2) is 54.0 Å². The Morgan fingerprint density at radius 3 is 2.76 bits per heavy atom. The summed E-state index contributed by atoms with van der Waals surface area (Å²) in [4.78, 5) is 15.2. The molecule has 0 radical (unpaired) electrons. The summed E-state index contributed by atoms with van der Waals surface area (Å²) in [5, 5.41) is 2.62. The van der Waals surface area contributed by atoms with Crippen LogP contribution >= 0.6 is 0 Å². The van der Waals surface area contributed by atoms with Crippen molar-refractivity contribution in [1.29, 1.82) is 0 Å². The molecule has 1 aliphatic heterocycles. The number of amides is 1. The first-order valence-corrected chi connectivity index (χ1v) is 9.34. The molecule has 1 atom stereocenters. The monoisotopic (exact) mass is 364 g/mol. The quantitative estimate of drug-likeness (QED) is 0.852. The number of carbonyl (C=O) groups excluding carboxylic acids is 1. The minimum atomic E-state index is -3.60. The van der Waals surface area contributed by atoms with E-state index in [1.54, 1.807) is 24.7 Å². The molecule has 1 amide bonds. The summed E-state index contributed by atoms with van der Waals surface area (Å²) in [7, 11) is -3.60. The fraction of sp³-hybridized carbons (Fsp3) is 0.375. The van der Waals surface area contributed by atoms with Gasteiger partial charge in [0.25, 0.3) is 0 Å². The maximum Gasteiger partial charge on any atom is 0.243 e. The second-order valence-corrected chi connectivity index (χ2v) is 7.76. The molecule has 2 heterocycles. The van der Waals surface area contributed by atoms with Crippen molar-refractivity contribution in [2.75, 3.05) is 25.0 Å². The summed E-state index contributed by atoms with van der Waals surface area (Å²) in [6, 6.07) is 6.16. The van der Waals surface area contributed by atoms with Crippen molar-refractivity contribution in [3.63, 3.8) is 0 Å². The molecular formula is C16H20N4O4S. The molecule has 8 nitrogen and oxygen atoms in total. The zero-order valence-corrected chi connectivity index (χ0v) is 14.6. The number of nitrogens with zero attached hydrogens (tertiary/aromatic N) is 3. The van der Waals surface area contributed by atoms with Gasteiger partial charge in [0.15, 0.2) is 0 Å². The molecule has 1 unspecified atom stereocenters. The van der Waals surface area contributed by atoms with Crippen LogP contribution in [0.25, 0.3) is 0 Å². The molecule has 1 aliphatic rings. The Balaban J connectivity index is 1.71. The summed E-state index contributed by atoms with van der Waals surface area (Å²) < 4.78 is 34.6. The zero-order valence-electron chi connectivity index (χ0n) is 13.8. The lowest BCUT2D eigenvalue weighted by Gasteiger charge is -2.32. The summed E-state index contributed by atoms with van der Waals surface area (Å²) in [6.45, 7) is 2.90. The van der Waals surface area contributed by atoms with Crippen molar-refractivity contribution < 1.29 is 17.9 Å². The first-order valence-electron chi connectivity index (χ1n) is 7.90. The van der Waals surface area contributed by atoms with Crippen LogP contribution in [0.4, 0.5) is 5.69 Å². The van der Waals surface area contributed by atoms with Crippen LogP contribution in [0.2, 0.25) is 0 Å². The van der Waals surface area contributed by atoms with Crippen LogP contribution < -0.4 is 5.32 Å². The average molecular weight is 364 g/mol. The van der Waals surface area contributed by atoms with E-state index in [-0.39, 0.29) is 23.5 Å².